The molecule has 0 saturated heterocycles. The van der Waals surface area contributed by atoms with Gasteiger partial charge >= 0.3 is 0 Å². The topological polar surface area (TPSA) is 18.5 Å². The van der Waals surface area contributed by atoms with E-state index < -0.39 is 0 Å². The Morgan fingerprint density at radius 1 is 1.38 bits per heavy atom. The van der Waals surface area contributed by atoms with Crippen LogP contribution < -0.4 is 4.74 Å². The third-order valence-corrected chi connectivity index (χ3v) is 2.32. The summed E-state index contributed by atoms with van der Waals surface area (Å²) in [6.07, 6.45) is 1.90. The van der Waals surface area contributed by atoms with Gasteiger partial charge < -0.3 is 8.92 Å². The molecule has 0 spiro atoms. The number of rotatable bonds is 4. The third-order valence-electron chi connectivity index (χ3n) is 1.51. The van der Waals surface area contributed by atoms with Crippen molar-refractivity contribution in [1.29, 1.82) is 0 Å². The maximum Gasteiger partial charge on any atom is 0.120 e. The summed E-state index contributed by atoms with van der Waals surface area (Å²) in [4.78, 5) is 0. The van der Waals surface area contributed by atoms with Gasteiger partial charge in [-0.25, -0.2) is 0 Å². The highest BCUT2D eigenvalue weighted by molar-refractivity contribution is 9.10. The molecule has 0 aliphatic heterocycles. The summed E-state index contributed by atoms with van der Waals surface area (Å²) in [5.41, 5.74) is 1.10. The van der Waals surface area contributed by atoms with Gasteiger partial charge in [0.15, 0.2) is 0 Å². The fourth-order valence-corrected chi connectivity index (χ4v) is 1.72. The van der Waals surface area contributed by atoms with Crippen molar-refractivity contribution >= 4 is 28.0 Å². The van der Waals surface area contributed by atoms with Crippen molar-refractivity contribution in [3.05, 3.63) is 28.2 Å². The van der Waals surface area contributed by atoms with Gasteiger partial charge in [-0.05, 0) is 35.8 Å². The van der Waals surface area contributed by atoms with Gasteiger partial charge in [0.05, 0.1) is 13.7 Å². The smallest absolute Gasteiger partial charge is 0.120 e. The van der Waals surface area contributed by atoms with E-state index in [9.17, 15) is 0 Å². The number of methoxy groups -OCH3 is 1. The van der Waals surface area contributed by atoms with Gasteiger partial charge in [-0.2, -0.15) is 0 Å². The molecular formula is C9H11BrO2S. The van der Waals surface area contributed by atoms with Crippen LogP contribution in [-0.4, -0.2) is 13.4 Å². The monoisotopic (exact) mass is 262 g/mol. The molecule has 0 saturated carbocycles. The maximum absolute atomic E-state index is 5.21. The highest BCUT2D eigenvalue weighted by atomic mass is 79.9. The molecule has 0 unspecified atom stereocenters. The van der Waals surface area contributed by atoms with E-state index in [-0.39, 0.29) is 0 Å². The molecule has 0 fully saturated rings. The zero-order chi connectivity index (χ0) is 9.68. The molecule has 0 heterocycles. The number of halogens is 1. The molecule has 1 aromatic rings. The molecule has 0 aromatic heterocycles. The summed E-state index contributed by atoms with van der Waals surface area (Å²) < 4.78 is 11.3. The predicted octanol–water partition coefficient (Wildman–Crippen LogP) is 3.25. The summed E-state index contributed by atoms with van der Waals surface area (Å²) in [5.74, 6) is 0.842. The second kappa shape index (κ2) is 5.52. The Bertz CT molecular complexity index is 278. The second-order valence-electron chi connectivity index (χ2n) is 2.43. The van der Waals surface area contributed by atoms with Crippen molar-refractivity contribution in [1.82, 2.24) is 0 Å². The van der Waals surface area contributed by atoms with Gasteiger partial charge in [0.2, 0.25) is 0 Å². The molecule has 0 bridgehead atoms. The van der Waals surface area contributed by atoms with E-state index >= 15 is 0 Å². The molecule has 1 aromatic carbocycles. The van der Waals surface area contributed by atoms with Crippen molar-refractivity contribution in [2.24, 2.45) is 0 Å². The number of hydrogen-bond donors (Lipinski definition) is 0. The quantitative estimate of drug-likeness (QED) is 0.777. The van der Waals surface area contributed by atoms with E-state index in [0.717, 1.165) is 15.8 Å². The van der Waals surface area contributed by atoms with Crippen LogP contribution in [0, 0.1) is 0 Å². The molecule has 0 aliphatic carbocycles. The molecule has 1 rings (SSSR count). The summed E-state index contributed by atoms with van der Waals surface area (Å²) >= 11 is 4.76. The second-order valence-corrected chi connectivity index (χ2v) is 3.91. The van der Waals surface area contributed by atoms with Crippen molar-refractivity contribution in [3.8, 4) is 5.75 Å². The molecule has 0 radical (unpaired) electrons. The Balaban J connectivity index is 2.76. The normalized spacial score (nSPS) is 10.1. The standard InChI is InChI=1S/C9H11BrO2S/c1-11-9-4-7(6-12-13-2)3-8(10)5-9/h3-5H,6H2,1-2H3. The van der Waals surface area contributed by atoms with Gasteiger partial charge in [-0.1, -0.05) is 15.9 Å². The Morgan fingerprint density at radius 3 is 2.77 bits per heavy atom. The SMILES string of the molecule is COc1cc(Br)cc(COSC)c1. The van der Waals surface area contributed by atoms with Crippen LogP contribution in [0.1, 0.15) is 5.56 Å². The van der Waals surface area contributed by atoms with Crippen LogP contribution in [0.25, 0.3) is 0 Å². The van der Waals surface area contributed by atoms with Gasteiger partial charge in [-0.3, -0.25) is 0 Å². The fraction of sp³-hybridized carbons (Fsp3) is 0.333. The van der Waals surface area contributed by atoms with Crippen LogP contribution in [0.4, 0.5) is 0 Å². The Morgan fingerprint density at radius 2 is 2.15 bits per heavy atom. The van der Waals surface area contributed by atoms with E-state index in [0.29, 0.717) is 6.61 Å². The minimum Gasteiger partial charge on any atom is -0.497 e. The summed E-state index contributed by atoms with van der Waals surface area (Å²) in [6, 6.07) is 5.89. The molecule has 0 aliphatic rings. The molecule has 13 heavy (non-hydrogen) atoms. The lowest BCUT2D eigenvalue weighted by Crippen LogP contribution is -1.89. The van der Waals surface area contributed by atoms with Gasteiger partial charge in [-0.15, -0.1) is 0 Å². The van der Waals surface area contributed by atoms with Crippen LogP contribution >= 0.6 is 28.0 Å². The predicted molar refractivity (Wildman–Crippen MR) is 59.0 cm³/mol. The molecule has 0 N–H and O–H groups in total. The molecule has 72 valence electrons. The summed E-state index contributed by atoms with van der Waals surface area (Å²) in [7, 11) is 1.65. The minimum absolute atomic E-state index is 0.594. The average molecular weight is 263 g/mol. The Labute approximate surface area is 91.0 Å². The zero-order valence-corrected chi connectivity index (χ0v) is 9.94. The third kappa shape index (κ3) is 3.58. The van der Waals surface area contributed by atoms with Crippen LogP contribution in [0.5, 0.6) is 5.75 Å². The van der Waals surface area contributed by atoms with E-state index in [1.165, 1.54) is 12.0 Å². The first-order valence-electron chi connectivity index (χ1n) is 3.75. The number of benzene rings is 1. The summed E-state index contributed by atoms with van der Waals surface area (Å²) in [5, 5.41) is 0. The average Bonchev–Trinajstić information content (AvgIpc) is 2.14. The van der Waals surface area contributed by atoms with Crippen molar-refractivity contribution in [3.63, 3.8) is 0 Å². The number of ether oxygens (including phenoxy) is 1. The first-order chi connectivity index (χ1) is 6.26. The Hall–Kier alpha value is -0.190. The van der Waals surface area contributed by atoms with Crippen LogP contribution in [0.15, 0.2) is 22.7 Å². The first-order valence-corrected chi connectivity index (χ1v) is 5.69. The molecule has 0 atom stereocenters. The largest absolute Gasteiger partial charge is 0.497 e. The van der Waals surface area contributed by atoms with Crippen molar-refractivity contribution < 1.29 is 8.92 Å². The highest BCUT2D eigenvalue weighted by Gasteiger charge is 1.99. The van der Waals surface area contributed by atoms with E-state index in [4.69, 9.17) is 8.92 Å². The molecular weight excluding hydrogens is 252 g/mol. The van der Waals surface area contributed by atoms with Crippen molar-refractivity contribution in [2.75, 3.05) is 13.4 Å². The molecule has 4 heteroatoms. The number of hydrogen-bond acceptors (Lipinski definition) is 3. The van der Waals surface area contributed by atoms with E-state index in [2.05, 4.69) is 15.9 Å². The van der Waals surface area contributed by atoms with Gasteiger partial charge in [0.1, 0.15) is 5.75 Å². The summed E-state index contributed by atoms with van der Waals surface area (Å²) in [6.45, 7) is 0.594. The van der Waals surface area contributed by atoms with E-state index in [1.807, 2.05) is 24.5 Å². The minimum atomic E-state index is 0.594. The lowest BCUT2D eigenvalue weighted by molar-refractivity contribution is 0.363. The Kier molecular flexibility index (Phi) is 4.62. The fourth-order valence-electron chi connectivity index (χ4n) is 0.949. The lowest BCUT2D eigenvalue weighted by atomic mass is 10.2. The molecule has 0 amide bonds. The first kappa shape index (κ1) is 10.9. The molecule has 2 nitrogen and oxygen atoms in total. The van der Waals surface area contributed by atoms with Crippen LogP contribution in [-0.2, 0) is 10.8 Å². The zero-order valence-electron chi connectivity index (χ0n) is 7.54. The van der Waals surface area contributed by atoms with Gasteiger partial charge in [0.25, 0.3) is 0 Å². The van der Waals surface area contributed by atoms with Gasteiger partial charge in [0, 0.05) is 10.7 Å². The van der Waals surface area contributed by atoms with E-state index in [1.54, 1.807) is 7.11 Å². The van der Waals surface area contributed by atoms with Crippen molar-refractivity contribution in [2.45, 2.75) is 6.61 Å². The van der Waals surface area contributed by atoms with Crippen LogP contribution in [0.3, 0.4) is 0 Å². The maximum atomic E-state index is 5.21. The lowest BCUT2D eigenvalue weighted by Gasteiger charge is -2.05. The van der Waals surface area contributed by atoms with Crippen LogP contribution in [0.2, 0.25) is 0 Å². The highest BCUT2D eigenvalue weighted by Crippen LogP contribution is 2.22.